The fourth-order valence-corrected chi connectivity index (χ4v) is 2.17. The largest absolute Gasteiger partial charge is 0.478 e. The van der Waals surface area contributed by atoms with Crippen LogP contribution < -0.4 is 5.32 Å². The highest BCUT2D eigenvalue weighted by Gasteiger charge is 2.15. The summed E-state index contributed by atoms with van der Waals surface area (Å²) in [5, 5.41) is 11.5. The first-order valence-corrected chi connectivity index (χ1v) is 6.49. The number of carbonyl (C=O) groups is 2. The van der Waals surface area contributed by atoms with Gasteiger partial charge in [0.05, 0.1) is 5.56 Å². The maximum absolute atomic E-state index is 11.7. The van der Waals surface area contributed by atoms with Crippen LogP contribution in [0.5, 0.6) is 0 Å². The predicted octanol–water partition coefficient (Wildman–Crippen LogP) is 1.19. The maximum atomic E-state index is 11.7. The number of hydrogen-bond acceptors (Lipinski definition) is 4. The number of likely N-dealkylation sites (tertiary alicyclic amines) is 1. The Bertz CT molecular complexity index is 449. The average molecular weight is 266 g/mol. The van der Waals surface area contributed by atoms with Crippen LogP contribution in [0.3, 0.4) is 0 Å². The van der Waals surface area contributed by atoms with E-state index < -0.39 is 5.97 Å². The van der Waals surface area contributed by atoms with E-state index in [4.69, 9.17) is 9.52 Å². The zero-order valence-electron chi connectivity index (χ0n) is 10.7. The Kier molecular flexibility index (Phi) is 4.57. The Balaban J connectivity index is 1.75. The summed E-state index contributed by atoms with van der Waals surface area (Å²) in [5.74, 6) is -1.43. The van der Waals surface area contributed by atoms with E-state index in [1.54, 1.807) is 0 Å². The summed E-state index contributed by atoms with van der Waals surface area (Å²) in [6.45, 7) is 3.53. The van der Waals surface area contributed by atoms with Gasteiger partial charge in [-0.15, -0.1) is 0 Å². The van der Waals surface area contributed by atoms with Gasteiger partial charge in [-0.05, 0) is 25.9 Å². The Morgan fingerprint density at radius 1 is 1.32 bits per heavy atom. The Morgan fingerprint density at radius 2 is 2.05 bits per heavy atom. The molecule has 6 heteroatoms. The zero-order chi connectivity index (χ0) is 13.7. The molecule has 1 fully saturated rings. The minimum absolute atomic E-state index is 0.0128. The van der Waals surface area contributed by atoms with Gasteiger partial charge in [0.2, 0.25) is 0 Å². The number of furan rings is 1. The highest BCUT2D eigenvalue weighted by molar-refractivity contribution is 5.95. The van der Waals surface area contributed by atoms with E-state index in [1.165, 1.54) is 25.3 Å². The molecule has 1 aromatic rings. The summed E-state index contributed by atoms with van der Waals surface area (Å²) in [7, 11) is 0. The first kappa shape index (κ1) is 13.6. The van der Waals surface area contributed by atoms with Crippen LogP contribution in [0.2, 0.25) is 0 Å². The number of hydrogen-bond donors (Lipinski definition) is 2. The van der Waals surface area contributed by atoms with Crippen molar-refractivity contribution in [3.63, 3.8) is 0 Å². The predicted molar refractivity (Wildman–Crippen MR) is 68.3 cm³/mol. The molecule has 1 saturated heterocycles. The van der Waals surface area contributed by atoms with Crippen molar-refractivity contribution < 1.29 is 19.1 Å². The van der Waals surface area contributed by atoms with E-state index in [0.29, 0.717) is 6.54 Å². The molecule has 0 aliphatic carbocycles. The van der Waals surface area contributed by atoms with Crippen molar-refractivity contribution >= 4 is 11.9 Å². The van der Waals surface area contributed by atoms with Gasteiger partial charge in [-0.25, -0.2) is 4.79 Å². The topological polar surface area (TPSA) is 82.8 Å². The van der Waals surface area contributed by atoms with E-state index in [9.17, 15) is 9.59 Å². The van der Waals surface area contributed by atoms with Crippen molar-refractivity contribution in [2.45, 2.75) is 19.3 Å². The van der Waals surface area contributed by atoms with E-state index in [0.717, 1.165) is 25.9 Å². The van der Waals surface area contributed by atoms with Gasteiger partial charge in [-0.2, -0.15) is 0 Å². The molecule has 0 unspecified atom stereocenters. The number of rotatable bonds is 5. The number of carboxylic acids is 1. The average Bonchev–Trinajstić information content (AvgIpc) is 2.89. The number of nitrogens with zero attached hydrogens (tertiary/aromatic N) is 1. The molecule has 0 spiro atoms. The summed E-state index contributed by atoms with van der Waals surface area (Å²) in [4.78, 5) is 24.7. The third kappa shape index (κ3) is 3.82. The fourth-order valence-electron chi connectivity index (χ4n) is 2.17. The second-order valence-corrected chi connectivity index (χ2v) is 4.66. The van der Waals surface area contributed by atoms with Gasteiger partial charge < -0.3 is 19.7 Å². The number of carbonyl (C=O) groups excluding carboxylic acids is 1. The van der Waals surface area contributed by atoms with Crippen molar-refractivity contribution in [1.82, 2.24) is 10.2 Å². The fraction of sp³-hybridized carbons (Fsp3) is 0.538. The van der Waals surface area contributed by atoms with Gasteiger partial charge in [0, 0.05) is 19.2 Å². The second-order valence-electron chi connectivity index (χ2n) is 4.66. The molecule has 104 valence electrons. The standard InChI is InChI=1S/C13H18N2O4/c16-12(11-8-10(9-19-11)13(17)18)14-4-7-15-5-2-1-3-6-15/h8-9H,1-7H2,(H,14,16)(H,17,18). The lowest BCUT2D eigenvalue weighted by Crippen LogP contribution is -2.37. The van der Waals surface area contributed by atoms with Crippen LogP contribution in [0, 0.1) is 0 Å². The number of nitrogens with one attached hydrogen (secondary N) is 1. The highest BCUT2D eigenvalue weighted by Crippen LogP contribution is 2.09. The first-order chi connectivity index (χ1) is 9.16. The highest BCUT2D eigenvalue weighted by atomic mass is 16.4. The molecule has 1 aromatic heterocycles. The summed E-state index contributed by atoms with van der Waals surface area (Å²) in [5.41, 5.74) is -0.0128. The minimum Gasteiger partial charge on any atom is -0.478 e. The van der Waals surface area contributed by atoms with Crippen molar-refractivity contribution in [1.29, 1.82) is 0 Å². The van der Waals surface area contributed by atoms with E-state index in [1.807, 2.05) is 0 Å². The molecule has 0 aromatic carbocycles. The van der Waals surface area contributed by atoms with Gasteiger partial charge in [0.15, 0.2) is 5.76 Å². The van der Waals surface area contributed by atoms with Crippen LogP contribution in [-0.2, 0) is 0 Å². The number of piperidine rings is 1. The summed E-state index contributed by atoms with van der Waals surface area (Å²) in [6, 6.07) is 1.23. The van der Waals surface area contributed by atoms with Gasteiger partial charge in [-0.1, -0.05) is 6.42 Å². The Labute approximate surface area is 111 Å². The van der Waals surface area contributed by atoms with E-state index in [-0.39, 0.29) is 17.2 Å². The van der Waals surface area contributed by atoms with Gasteiger partial charge in [-0.3, -0.25) is 4.79 Å². The first-order valence-electron chi connectivity index (χ1n) is 6.49. The van der Waals surface area contributed by atoms with E-state index >= 15 is 0 Å². The van der Waals surface area contributed by atoms with Crippen molar-refractivity contribution in [3.8, 4) is 0 Å². The normalized spacial score (nSPS) is 16.2. The summed E-state index contributed by atoms with van der Waals surface area (Å²) < 4.78 is 4.92. The van der Waals surface area contributed by atoms with Crippen molar-refractivity contribution in [2.24, 2.45) is 0 Å². The van der Waals surface area contributed by atoms with Crippen molar-refractivity contribution in [2.75, 3.05) is 26.2 Å². The van der Waals surface area contributed by atoms with Gasteiger partial charge in [0.1, 0.15) is 6.26 Å². The van der Waals surface area contributed by atoms with Gasteiger partial charge >= 0.3 is 5.97 Å². The number of aromatic carboxylic acids is 1. The van der Waals surface area contributed by atoms with Crippen LogP contribution in [0.15, 0.2) is 16.7 Å². The molecular weight excluding hydrogens is 248 g/mol. The third-order valence-electron chi connectivity index (χ3n) is 3.23. The molecule has 2 rings (SSSR count). The molecule has 0 bridgehead atoms. The maximum Gasteiger partial charge on any atom is 0.338 e. The second kappa shape index (κ2) is 6.38. The zero-order valence-corrected chi connectivity index (χ0v) is 10.7. The molecule has 19 heavy (non-hydrogen) atoms. The Hall–Kier alpha value is -1.82. The molecule has 1 aliphatic heterocycles. The molecule has 1 amide bonds. The number of amides is 1. The molecular formula is C13H18N2O4. The summed E-state index contributed by atoms with van der Waals surface area (Å²) in [6.07, 6.45) is 4.79. The molecule has 0 radical (unpaired) electrons. The van der Waals surface area contributed by atoms with Crippen LogP contribution in [-0.4, -0.2) is 48.1 Å². The molecule has 0 saturated carbocycles. The molecule has 1 aliphatic rings. The molecule has 6 nitrogen and oxygen atoms in total. The monoisotopic (exact) mass is 266 g/mol. The lowest BCUT2D eigenvalue weighted by molar-refractivity contribution is 0.0696. The molecule has 2 N–H and O–H groups in total. The SMILES string of the molecule is O=C(O)c1coc(C(=O)NCCN2CCCCC2)c1. The lowest BCUT2D eigenvalue weighted by Gasteiger charge is -2.26. The molecule has 2 heterocycles. The van der Waals surface area contributed by atoms with Crippen LogP contribution in [0.4, 0.5) is 0 Å². The van der Waals surface area contributed by atoms with Crippen LogP contribution >= 0.6 is 0 Å². The van der Waals surface area contributed by atoms with Gasteiger partial charge in [0.25, 0.3) is 5.91 Å². The van der Waals surface area contributed by atoms with Crippen molar-refractivity contribution in [3.05, 3.63) is 23.7 Å². The van der Waals surface area contributed by atoms with Crippen LogP contribution in [0.1, 0.15) is 40.2 Å². The van der Waals surface area contributed by atoms with E-state index in [2.05, 4.69) is 10.2 Å². The minimum atomic E-state index is -1.10. The molecule has 0 atom stereocenters. The smallest absolute Gasteiger partial charge is 0.338 e. The number of carboxylic acid groups (broad SMARTS) is 1. The quantitative estimate of drug-likeness (QED) is 0.836. The third-order valence-corrected chi connectivity index (χ3v) is 3.23. The summed E-state index contributed by atoms with van der Waals surface area (Å²) >= 11 is 0. The Morgan fingerprint density at radius 3 is 2.68 bits per heavy atom. The van der Waals surface area contributed by atoms with Crippen LogP contribution in [0.25, 0.3) is 0 Å². The lowest BCUT2D eigenvalue weighted by atomic mass is 10.1.